The molecule has 0 amide bonds. The number of aliphatic hydroxyl groups is 1. The molecule has 0 fully saturated rings. The highest BCUT2D eigenvalue weighted by Crippen LogP contribution is 2.40. The predicted molar refractivity (Wildman–Crippen MR) is 56.0 cm³/mol. The minimum absolute atomic E-state index is 0.0264. The fraction of sp³-hybridized carbons (Fsp3) is 0.455. The number of phenols is 1. The molecule has 0 radical (unpaired) electrons. The first-order valence-corrected chi connectivity index (χ1v) is 4.96. The number of β-amino-alcohol motifs (C(OH)–C–C–N with tert-alkyl or cyclic N) is 1. The maximum absolute atomic E-state index is 9.95. The molecule has 0 saturated heterocycles. The highest BCUT2D eigenvalue weighted by molar-refractivity contribution is 5.52. The standard InChI is InChI=1S/C11H15NO3/c1-6-10-7(8(13)5-12-6)3-4-9(15-2)11(10)14/h3-4,6,8,12-14H,5H2,1-2H3/t6-,8-/m1/s1. The van der Waals surface area contributed by atoms with Gasteiger partial charge in [0.1, 0.15) is 0 Å². The molecule has 1 aliphatic heterocycles. The summed E-state index contributed by atoms with van der Waals surface area (Å²) in [4.78, 5) is 0. The molecule has 1 aliphatic rings. The van der Waals surface area contributed by atoms with E-state index < -0.39 is 6.10 Å². The zero-order chi connectivity index (χ0) is 11.0. The average molecular weight is 209 g/mol. The van der Waals surface area contributed by atoms with Gasteiger partial charge in [-0.25, -0.2) is 0 Å². The molecule has 15 heavy (non-hydrogen) atoms. The number of methoxy groups -OCH3 is 1. The van der Waals surface area contributed by atoms with Gasteiger partial charge in [0.05, 0.1) is 13.2 Å². The number of ether oxygens (including phenoxy) is 1. The molecule has 2 rings (SSSR count). The summed E-state index contributed by atoms with van der Waals surface area (Å²) in [6, 6.07) is 3.50. The van der Waals surface area contributed by atoms with E-state index in [-0.39, 0.29) is 11.8 Å². The van der Waals surface area contributed by atoms with E-state index in [1.807, 2.05) is 6.92 Å². The third-order valence-electron chi connectivity index (χ3n) is 2.84. The van der Waals surface area contributed by atoms with E-state index in [2.05, 4.69) is 5.32 Å². The number of hydrogen-bond acceptors (Lipinski definition) is 4. The van der Waals surface area contributed by atoms with Crippen LogP contribution in [0.4, 0.5) is 0 Å². The first kappa shape index (κ1) is 10.3. The second kappa shape index (κ2) is 3.72. The van der Waals surface area contributed by atoms with Gasteiger partial charge >= 0.3 is 0 Å². The Kier molecular flexibility index (Phi) is 2.54. The van der Waals surface area contributed by atoms with E-state index in [9.17, 15) is 10.2 Å². The number of rotatable bonds is 1. The molecule has 1 aromatic rings. The van der Waals surface area contributed by atoms with Crippen molar-refractivity contribution in [3.05, 3.63) is 23.3 Å². The molecule has 2 atom stereocenters. The second-order valence-electron chi connectivity index (χ2n) is 3.77. The smallest absolute Gasteiger partial charge is 0.162 e. The quantitative estimate of drug-likeness (QED) is 0.648. The van der Waals surface area contributed by atoms with E-state index >= 15 is 0 Å². The highest BCUT2D eigenvalue weighted by atomic mass is 16.5. The average Bonchev–Trinajstić information content (AvgIpc) is 2.23. The molecular weight excluding hydrogens is 194 g/mol. The van der Waals surface area contributed by atoms with Crippen molar-refractivity contribution in [3.63, 3.8) is 0 Å². The molecule has 1 heterocycles. The molecule has 82 valence electrons. The minimum atomic E-state index is -0.562. The molecule has 0 saturated carbocycles. The second-order valence-corrected chi connectivity index (χ2v) is 3.77. The number of phenolic OH excluding ortho intramolecular Hbond substituents is 1. The van der Waals surface area contributed by atoms with Crippen LogP contribution in [-0.4, -0.2) is 23.9 Å². The van der Waals surface area contributed by atoms with Gasteiger partial charge in [0.25, 0.3) is 0 Å². The Labute approximate surface area is 88.5 Å². The molecular formula is C11H15NO3. The van der Waals surface area contributed by atoms with Gasteiger partial charge in [-0.1, -0.05) is 6.07 Å². The van der Waals surface area contributed by atoms with E-state index in [0.29, 0.717) is 12.3 Å². The molecule has 4 nitrogen and oxygen atoms in total. The van der Waals surface area contributed by atoms with E-state index in [1.165, 1.54) is 7.11 Å². The molecule has 0 unspecified atom stereocenters. The molecule has 0 aliphatic carbocycles. The van der Waals surface area contributed by atoms with Crippen LogP contribution in [0.5, 0.6) is 11.5 Å². The lowest BCUT2D eigenvalue weighted by Gasteiger charge is -2.29. The number of fused-ring (bicyclic) bond motifs is 1. The summed E-state index contributed by atoms with van der Waals surface area (Å²) >= 11 is 0. The van der Waals surface area contributed by atoms with Crippen LogP contribution in [-0.2, 0) is 0 Å². The van der Waals surface area contributed by atoms with Gasteiger partial charge in [-0.05, 0) is 18.6 Å². The summed E-state index contributed by atoms with van der Waals surface area (Å²) < 4.78 is 5.04. The van der Waals surface area contributed by atoms with Crippen LogP contribution in [0.15, 0.2) is 12.1 Å². The normalized spacial score (nSPS) is 24.7. The van der Waals surface area contributed by atoms with Crippen LogP contribution in [0, 0.1) is 0 Å². The van der Waals surface area contributed by atoms with Crippen molar-refractivity contribution < 1.29 is 14.9 Å². The van der Waals surface area contributed by atoms with Crippen LogP contribution in [0.2, 0.25) is 0 Å². The van der Waals surface area contributed by atoms with Crippen LogP contribution in [0.25, 0.3) is 0 Å². The fourth-order valence-corrected chi connectivity index (χ4v) is 2.01. The van der Waals surface area contributed by atoms with Gasteiger partial charge in [-0.3, -0.25) is 0 Å². The zero-order valence-electron chi connectivity index (χ0n) is 8.82. The van der Waals surface area contributed by atoms with Gasteiger partial charge < -0.3 is 20.3 Å². The van der Waals surface area contributed by atoms with Crippen LogP contribution < -0.4 is 10.1 Å². The van der Waals surface area contributed by atoms with Gasteiger partial charge in [-0.2, -0.15) is 0 Å². The monoisotopic (exact) mass is 209 g/mol. The minimum Gasteiger partial charge on any atom is -0.504 e. The Morgan fingerprint density at radius 2 is 2.20 bits per heavy atom. The number of aliphatic hydroxyl groups excluding tert-OH is 1. The van der Waals surface area contributed by atoms with Crippen molar-refractivity contribution in [2.45, 2.75) is 19.1 Å². The van der Waals surface area contributed by atoms with Crippen LogP contribution in [0.1, 0.15) is 30.2 Å². The topological polar surface area (TPSA) is 61.7 Å². The van der Waals surface area contributed by atoms with E-state index in [1.54, 1.807) is 12.1 Å². The molecule has 0 bridgehead atoms. The fourth-order valence-electron chi connectivity index (χ4n) is 2.01. The SMILES string of the molecule is COc1ccc2c(c1O)[C@@H](C)NC[C@H]2O. The van der Waals surface area contributed by atoms with Crippen molar-refractivity contribution in [1.82, 2.24) is 5.32 Å². The Hall–Kier alpha value is -1.26. The summed E-state index contributed by atoms with van der Waals surface area (Å²) in [5.41, 5.74) is 1.51. The lowest BCUT2D eigenvalue weighted by molar-refractivity contribution is 0.157. The largest absolute Gasteiger partial charge is 0.504 e. The van der Waals surface area contributed by atoms with Gasteiger partial charge in [-0.15, -0.1) is 0 Å². The van der Waals surface area contributed by atoms with Crippen molar-refractivity contribution in [3.8, 4) is 11.5 Å². The van der Waals surface area contributed by atoms with Crippen molar-refractivity contribution in [2.75, 3.05) is 13.7 Å². The van der Waals surface area contributed by atoms with Gasteiger partial charge in [0.15, 0.2) is 11.5 Å². The number of nitrogens with one attached hydrogen (secondary N) is 1. The molecule has 4 heteroatoms. The number of hydrogen-bond donors (Lipinski definition) is 3. The van der Waals surface area contributed by atoms with Gasteiger partial charge in [0, 0.05) is 18.2 Å². The zero-order valence-corrected chi connectivity index (χ0v) is 8.82. The summed E-state index contributed by atoms with van der Waals surface area (Å²) in [7, 11) is 1.51. The third-order valence-corrected chi connectivity index (χ3v) is 2.84. The lowest BCUT2D eigenvalue weighted by Crippen LogP contribution is -2.31. The Bertz CT molecular complexity index is 378. The molecule has 0 spiro atoms. The van der Waals surface area contributed by atoms with Crippen LogP contribution >= 0.6 is 0 Å². The van der Waals surface area contributed by atoms with Crippen molar-refractivity contribution in [2.24, 2.45) is 0 Å². The van der Waals surface area contributed by atoms with Crippen molar-refractivity contribution in [1.29, 1.82) is 0 Å². The number of benzene rings is 1. The first-order chi connectivity index (χ1) is 7.15. The van der Waals surface area contributed by atoms with Gasteiger partial charge in [0.2, 0.25) is 0 Å². The Morgan fingerprint density at radius 1 is 1.47 bits per heavy atom. The molecule has 1 aromatic carbocycles. The highest BCUT2D eigenvalue weighted by Gasteiger charge is 2.27. The lowest BCUT2D eigenvalue weighted by atomic mass is 9.92. The number of aromatic hydroxyl groups is 1. The third kappa shape index (κ3) is 1.56. The summed E-state index contributed by atoms with van der Waals surface area (Å²) in [5.74, 6) is 0.560. The molecule has 3 N–H and O–H groups in total. The van der Waals surface area contributed by atoms with Crippen LogP contribution in [0.3, 0.4) is 0 Å². The van der Waals surface area contributed by atoms with E-state index in [0.717, 1.165) is 11.1 Å². The summed E-state index contributed by atoms with van der Waals surface area (Å²) in [5, 5.41) is 22.8. The molecule has 0 aromatic heterocycles. The first-order valence-electron chi connectivity index (χ1n) is 4.96. The Balaban J connectivity index is 2.58. The van der Waals surface area contributed by atoms with Crippen molar-refractivity contribution >= 4 is 0 Å². The maximum Gasteiger partial charge on any atom is 0.162 e. The maximum atomic E-state index is 9.95. The summed E-state index contributed by atoms with van der Waals surface area (Å²) in [6.45, 7) is 2.46. The van der Waals surface area contributed by atoms with E-state index in [4.69, 9.17) is 4.74 Å². The predicted octanol–water partition coefficient (Wildman–Crippen LogP) is 1.10. The Morgan fingerprint density at radius 3 is 2.87 bits per heavy atom. The summed E-state index contributed by atoms with van der Waals surface area (Å²) in [6.07, 6.45) is -0.562.